The largest absolute Gasteiger partial charge is 0.420 e. The van der Waals surface area contributed by atoms with E-state index < -0.39 is 60.6 Å². The maximum absolute atomic E-state index is 14.0. The molecule has 2 aliphatic carbocycles. The Kier molecular flexibility index (Phi) is 5.42. The van der Waals surface area contributed by atoms with E-state index >= 15 is 0 Å². The standard InChI is InChI=1S/C21H27F5O3Si/c1-19(2,3)30(5,6)29-21-9-7-8-20(21,4)10-11(21)18(27)28-17-15(25)13(23)12(22)14(24)16(17)26/h11H,7-10H2,1-6H3/t11-,20-,21-/m0/s1. The Balaban J connectivity index is 1.94. The molecule has 0 aliphatic heterocycles. The highest BCUT2D eigenvalue weighted by atomic mass is 28.4. The highest BCUT2D eigenvalue weighted by Crippen LogP contribution is 2.67. The van der Waals surface area contributed by atoms with E-state index in [0.717, 1.165) is 12.8 Å². The van der Waals surface area contributed by atoms with Gasteiger partial charge in [-0.05, 0) is 49.2 Å². The van der Waals surface area contributed by atoms with Crippen molar-refractivity contribution in [3.63, 3.8) is 0 Å². The topological polar surface area (TPSA) is 35.5 Å². The van der Waals surface area contributed by atoms with E-state index in [1.165, 1.54) is 0 Å². The second kappa shape index (κ2) is 7.02. The van der Waals surface area contributed by atoms with E-state index in [0.29, 0.717) is 12.8 Å². The van der Waals surface area contributed by atoms with Crippen molar-refractivity contribution in [1.82, 2.24) is 0 Å². The molecule has 168 valence electrons. The van der Waals surface area contributed by atoms with Crippen molar-refractivity contribution in [2.45, 2.75) is 77.1 Å². The number of fused-ring (bicyclic) bond motifs is 1. The highest BCUT2D eigenvalue weighted by Gasteiger charge is 2.70. The molecule has 0 heterocycles. The first kappa shape index (κ1) is 23.2. The fraction of sp³-hybridized carbons (Fsp3) is 0.667. The van der Waals surface area contributed by atoms with Crippen molar-refractivity contribution in [2.24, 2.45) is 11.3 Å². The van der Waals surface area contributed by atoms with E-state index in [9.17, 15) is 26.7 Å². The average molecular weight is 451 g/mol. The lowest BCUT2D eigenvalue weighted by molar-refractivity contribution is -0.197. The van der Waals surface area contributed by atoms with Crippen LogP contribution in [0.15, 0.2) is 0 Å². The zero-order valence-electron chi connectivity index (χ0n) is 18.0. The van der Waals surface area contributed by atoms with Crippen molar-refractivity contribution < 1.29 is 35.9 Å². The van der Waals surface area contributed by atoms with Gasteiger partial charge in [0.1, 0.15) is 0 Å². The van der Waals surface area contributed by atoms with Crippen LogP contribution in [0.4, 0.5) is 22.0 Å². The van der Waals surface area contributed by atoms with Gasteiger partial charge in [0, 0.05) is 0 Å². The van der Waals surface area contributed by atoms with Gasteiger partial charge in [0.2, 0.25) is 34.8 Å². The number of hydrogen-bond acceptors (Lipinski definition) is 3. The Hall–Kier alpha value is -1.48. The number of halogens is 5. The molecular formula is C21H27F5O3Si. The van der Waals surface area contributed by atoms with Gasteiger partial charge < -0.3 is 9.16 Å². The zero-order valence-corrected chi connectivity index (χ0v) is 19.0. The van der Waals surface area contributed by atoms with E-state index in [1.807, 2.05) is 20.0 Å². The lowest BCUT2D eigenvalue weighted by Gasteiger charge is -2.61. The molecule has 0 spiro atoms. The second-order valence-electron chi connectivity index (χ2n) is 10.2. The van der Waals surface area contributed by atoms with Crippen LogP contribution >= 0.6 is 0 Å². The van der Waals surface area contributed by atoms with Gasteiger partial charge in [-0.3, -0.25) is 4.79 Å². The number of ether oxygens (including phenoxy) is 1. The molecule has 0 bridgehead atoms. The van der Waals surface area contributed by atoms with Crippen LogP contribution in [0, 0.1) is 40.4 Å². The van der Waals surface area contributed by atoms with Gasteiger partial charge in [-0.2, -0.15) is 8.78 Å². The average Bonchev–Trinajstić information content (AvgIpc) is 2.86. The Morgan fingerprint density at radius 3 is 1.93 bits per heavy atom. The summed E-state index contributed by atoms with van der Waals surface area (Å²) >= 11 is 0. The molecule has 0 saturated heterocycles. The van der Waals surface area contributed by atoms with Crippen LogP contribution in [0.3, 0.4) is 0 Å². The Morgan fingerprint density at radius 1 is 0.967 bits per heavy atom. The van der Waals surface area contributed by atoms with Gasteiger partial charge in [-0.25, -0.2) is 13.2 Å². The molecule has 1 aromatic carbocycles. The monoisotopic (exact) mass is 450 g/mol. The first-order valence-electron chi connectivity index (χ1n) is 10.0. The molecule has 9 heteroatoms. The number of rotatable bonds is 4. The molecule has 3 rings (SSSR count). The summed E-state index contributed by atoms with van der Waals surface area (Å²) in [5, 5.41) is -0.142. The molecule has 1 aromatic rings. The van der Waals surface area contributed by atoms with Crippen LogP contribution in [0.25, 0.3) is 0 Å². The summed E-state index contributed by atoms with van der Waals surface area (Å²) in [6, 6.07) is 0. The van der Waals surface area contributed by atoms with Gasteiger partial charge in [-0.15, -0.1) is 0 Å². The second-order valence-corrected chi connectivity index (χ2v) is 15.0. The quantitative estimate of drug-likeness (QED) is 0.136. The summed E-state index contributed by atoms with van der Waals surface area (Å²) < 4.78 is 79.7. The third-order valence-corrected chi connectivity index (χ3v) is 11.9. The van der Waals surface area contributed by atoms with E-state index in [2.05, 4.69) is 20.8 Å². The summed E-state index contributed by atoms with van der Waals surface area (Å²) in [5.74, 6) is -14.3. The first-order chi connectivity index (χ1) is 13.6. The van der Waals surface area contributed by atoms with E-state index in [1.54, 1.807) is 0 Å². The molecule has 0 unspecified atom stereocenters. The van der Waals surface area contributed by atoms with Gasteiger partial charge in [0.05, 0.1) is 11.5 Å². The number of hydrogen-bond donors (Lipinski definition) is 0. The lowest BCUT2D eigenvalue weighted by atomic mass is 9.53. The maximum Gasteiger partial charge on any atom is 0.317 e. The fourth-order valence-corrected chi connectivity index (χ4v) is 6.29. The minimum absolute atomic E-state index is 0.142. The number of carbonyl (C=O) groups excluding carboxylic acids is 1. The molecule has 0 amide bonds. The fourth-order valence-electron chi connectivity index (χ4n) is 4.58. The smallest absolute Gasteiger partial charge is 0.317 e. The SMILES string of the molecule is CC(C)(C)[Si](C)(C)O[C@]12CCC[C@@]1(C)C[C@H]2C(=O)Oc1c(F)c(F)c(F)c(F)c1F. The Bertz CT molecular complexity index is 869. The molecule has 30 heavy (non-hydrogen) atoms. The number of esters is 1. The molecule has 3 nitrogen and oxygen atoms in total. The molecular weight excluding hydrogens is 423 g/mol. The maximum atomic E-state index is 14.0. The summed E-state index contributed by atoms with van der Waals surface area (Å²) in [4.78, 5) is 12.9. The summed E-state index contributed by atoms with van der Waals surface area (Å²) in [6.07, 6.45) is 2.59. The van der Waals surface area contributed by atoms with E-state index in [4.69, 9.17) is 9.16 Å². The van der Waals surface area contributed by atoms with Crippen molar-refractivity contribution >= 4 is 14.3 Å². The summed E-state index contributed by atoms with van der Waals surface area (Å²) in [5.41, 5.74) is -1.17. The Labute approximate surface area is 174 Å². The minimum atomic E-state index is -2.33. The molecule has 2 aliphatic rings. The third kappa shape index (κ3) is 3.19. The first-order valence-corrected chi connectivity index (χ1v) is 12.9. The predicted molar refractivity (Wildman–Crippen MR) is 103 cm³/mol. The van der Waals surface area contributed by atoms with E-state index in [-0.39, 0.29) is 10.5 Å². The van der Waals surface area contributed by atoms with Gasteiger partial charge in [0.25, 0.3) is 0 Å². The van der Waals surface area contributed by atoms with Gasteiger partial charge in [-0.1, -0.05) is 27.7 Å². The van der Waals surface area contributed by atoms with Crippen molar-refractivity contribution in [3.8, 4) is 5.75 Å². The summed E-state index contributed by atoms with van der Waals surface area (Å²) in [7, 11) is -2.33. The zero-order chi connectivity index (χ0) is 22.9. The van der Waals surface area contributed by atoms with Gasteiger partial charge in [0.15, 0.2) is 8.32 Å². The van der Waals surface area contributed by atoms with Crippen molar-refractivity contribution in [2.75, 3.05) is 0 Å². The third-order valence-electron chi connectivity index (χ3n) is 7.42. The van der Waals surface area contributed by atoms with Crippen LogP contribution in [0.2, 0.25) is 18.1 Å². The molecule has 0 N–H and O–H groups in total. The van der Waals surface area contributed by atoms with Crippen LogP contribution in [-0.2, 0) is 9.22 Å². The van der Waals surface area contributed by atoms with Crippen molar-refractivity contribution in [3.05, 3.63) is 29.1 Å². The predicted octanol–water partition coefficient (Wildman–Crippen LogP) is 6.26. The van der Waals surface area contributed by atoms with Crippen LogP contribution in [0.1, 0.15) is 53.4 Å². The summed E-state index contributed by atoms with van der Waals surface area (Å²) in [6.45, 7) is 12.3. The lowest BCUT2D eigenvalue weighted by Crippen LogP contribution is -2.68. The molecule has 3 atom stereocenters. The van der Waals surface area contributed by atoms with Crippen molar-refractivity contribution in [1.29, 1.82) is 0 Å². The van der Waals surface area contributed by atoms with Crippen LogP contribution in [-0.4, -0.2) is 19.9 Å². The van der Waals surface area contributed by atoms with Crippen LogP contribution < -0.4 is 4.74 Å². The minimum Gasteiger partial charge on any atom is -0.420 e. The normalized spacial score (nSPS) is 28.8. The molecule has 2 fully saturated rings. The Morgan fingerprint density at radius 2 is 1.47 bits per heavy atom. The van der Waals surface area contributed by atoms with Gasteiger partial charge >= 0.3 is 5.97 Å². The number of carbonyl (C=O) groups is 1. The molecule has 0 radical (unpaired) electrons. The van der Waals surface area contributed by atoms with Crippen LogP contribution in [0.5, 0.6) is 5.75 Å². The molecule has 2 saturated carbocycles. The number of benzene rings is 1. The highest BCUT2D eigenvalue weighted by molar-refractivity contribution is 6.74. The molecule has 0 aromatic heterocycles.